The lowest BCUT2D eigenvalue weighted by Gasteiger charge is -2.26. The smallest absolute Gasteiger partial charge is 0.238 e. The minimum Gasteiger partial charge on any atom is -0.308 e. The van der Waals surface area contributed by atoms with Crippen LogP contribution in [0.2, 0.25) is 0 Å². The molecule has 0 amide bonds. The van der Waals surface area contributed by atoms with Crippen molar-refractivity contribution in [3.05, 3.63) is 33.9 Å². The van der Waals surface area contributed by atoms with Crippen molar-refractivity contribution in [1.29, 1.82) is 5.41 Å². The standard InChI is InChI=1S/C18H24N2O2S/c1-11-4-3-5-14-15(11)9-18(23(20,21)22)16(17(14)10-19)8-12(2)13-6-7-13/h8-11,13,19H,3-7H2,1-2H3,(H2,20,21,22)/b12-8+,19-10?. The van der Waals surface area contributed by atoms with Gasteiger partial charge in [-0.15, -0.1) is 0 Å². The highest BCUT2D eigenvalue weighted by Crippen LogP contribution is 2.40. The van der Waals surface area contributed by atoms with Crippen LogP contribution >= 0.6 is 0 Å². The Hall–Kier alpha value is -1.46. The average Bonchev–Trinajstić information content (AvgIpc) is 3.30. The molecule has 0 spiro atoms. The number of fused-ring (bicyclic) bond motifs is 1. The summed E-state index contributed by atoms with van der Waals surface area (Å²) >= 11 is 0. The van der Waals surface area contributed by atoms with Crippen LogP contribution in [-0.4, -0.2) is 14.6 Å². The molecular formula is C18H24N2O2S. The van der Waals surface area contributed by atoms with E-state index in [-0.39, 0.29) is 4.90 Å². The molecule has 1 atom stereocenters. The van der Waals surface area contributed by atoms with Crippen molar-refractivity contribution < 1.29 is 8.42 Å². The molecular weight excluding hydrogens is 308 g/mol. The van der Waals surface area contributed by atoms with Crippen LogP contribution in [0.3, 0.4) is 0 Å². The van der Waals surface area contributed by atoms with Gasteiger partial charge in [-0.2, -0.15) is 0 Å². The summed E-state index contributed by atoms with van der Waals surface area (Å²) in [4.78, 5) is 0.170. The zero-order valence-corrected chi connectivity index (χ0v) is 14.5. The van der Waals surface area contributed by atoms with Gasteiger partial charge in [0.05, 0.1) is 4.90 Å². The third-order valence-corrected chi connectivity index (χ3v) is 6.11. The molecule has 124 valence electrons. The van der Waals surface area contributed by atoms with Crippen molar-refractivity contribution in [3.63, 3.8) is 0 Å². The van der Waals surface area contributed by atoms with Crippen molar-refractivity contribution >= 4 is 22.3 Å². The lowest BCUT2D eigenvalue weighted by atomic mass is 9.80. The molecule has 0 aliphatic heterocycles. The van der Waals surface area contributed by atoms with Crippen molar-refractivity contribution in [2.75, 3.05) is 0 Å². The predicted molar refractivity (Wildman–Crippen MR) is 93.4 cm³/mol. The Morgan fingerprint density at radius 2 is 2.00 bits per heavy atom. The molecule has 5 heteroatoms. The molecule has 0 heterocycles. The summed E-state index contributed by atoms with van der Waals surface area (Å²) in [6.45, 7) is 4.16. The fraction of sp³-hybridized carbons (Fsp3) is 0.500. The first-order valence-electron chi connectivity index (χ1n) is 8.24. The van der Waals surface area contributed by atoms with E-state index in [0.717, 1.165) is 48.8 Å². The number of rotatable bonds is 4. The number of nitrogens with two attached hydrogens (primary N) is 1. The normalized spacial score (nSPS) is 21.9. The molecule has 4 nitrogen and oxygen atoms in total. The van der Waals surface area contributed by atoms with E-state index in [4.69, 9.17) is 10.5 Å². The van der Waals surface area contributed by atoms with Gasteiger partial charge in [0.1, 0.15) is 0 Å². The Morgan fingerprint density at radius 3 is 2.57 bits per heavy atom. The summed E-state index contributed by atoms with van der Waals surface area (Å²) in [5, 5.41) is 13.4. The van der Waals surface area contributed by atoms with E-state index in [9.17, 15) is 8.42 Å². The molecule has 1 aromatic carbocycles. The highest BCUT2D eigenvalue weighted by Gasteiger charge is 2.28. The van der Waals surface area contributed by atoms with Gasteiger partial charge in [0, 0.05) is 17.3 Å². The second-order valence-corrected chi connectivity index (χ2v) is 8.44. The van der Waals surface area contributed by atoms with E-state index in [2.05, 4.69) is 6.92 Å². The molecule has 1 unspecified atom stereocenters. The molecule has 23 heavy (non-hydrogen) atoms. The van der Waals surface area contributed by atoms with E-state index in [0.29, 0.717) is 17.4 Å². The van der Waals surface area contributed by atoms with Crippen LogP contribution in [0.4, 0.5) is 0 Å². The van der Waals surface area contributed by atoms with Crippen molar-refractivity contribution in [3.8, 4) is 0 Å². The third-order valence-electron chi connectivity index (χ3n) is 5.15. The van der Waals surface area contributed by atoms with Crippen LogP contribution in [0.15, 0.2) is 16.5 Å². The number of sulfonamides is 1. The number of hydrogen-bond donors (Lipinski definition) is 2. The van der Waals surface area contributed by atoms with E-state index >= 15 is 0 Å². The van der Waals surface area contributed by atoms with Crippen LogP contribution in [0.25, 0.3) is 6.08 Å². The molecule has 1 saturated carbocycles. The first kappa shape index (κ1) is 16.4. The number of hydrogen-bond acceptors (Lipinski definition) is 3. The average molecular weight is 332 g/mol. The maximum absolute atomic E-state index is 12.2. The van der Waals surface area contributed by atoms with Crippen molar-refractivity contribution in [2.45, 2.75) is 56.8 Å². The first-order valence-corrected chi connectivity index (χ1v) is 9.78. The molecule has 1 fully saturated rings. The number of benzene rings is 1. The summed E-state index contributed by atoms with van der Waals surface area (Å²) in [6, 6.07) is 1.76. The van der Waals surface area contributed by atoms with Gasteiger partial charge in [0.25, 0.3) is 0 Å². The largest absolute Gasteiger partial charge is 0.308 e. The van der Waals surface area contributed by atoms with Gasteiger partial charge in [-0.1, -0.05) is 18.6 Å². The molecule has 0 aromatic heterocycles. The fourth-order valence-electron chi connectivity index (χ4n) is 3.65. The van der Waals surface area contributed by atoms with Gasteiger partial charge >= 0.3 is 0 Å². The third kappa shape index (κ3) is 3.12. The fourth-order valence-corrected chi connectivity index (χ4v) is 4.42. The molecule has 0 bridgehead atoms. The maximum Gasteiger partial charge on any atom is 0.238 e. The van der Waals surface area contributed by atoms with Crippen molar-refractivity contribution in [1.82, 2.24) is 0 Å². The monoisotopic (exact) mass is 332 g/mol. The van der Waals surface area contributed by atoms with Gasteiger partial charge in [-0.05, 0) is 68.1 Å². The zero-order chi connectivity index (χ0) is 16.8. The lowest BCUT2D eigenvalue weighted by Crippen LogP contribution is -2.19. The van der Waals surface area contributed by atoms with Gasteiger partial charge in [-0.3, -0.25) is 0 Å². The van der Waals surface area contributed by atoms with Crippen LogP contribution in [0.5, 0.6) is 0 Å². The van der Waals surface area contributed by atoms with Crippen LogP contribution in [0.1, 0.15) is 67.7 Å². The Kier molecular flexibility index (Phi) is 4.19. The van der Waals surface area contributed by atoms with E-state index in [1.807, 2.05) is 13.0 Å². The minimum atomic E-state index is -3.82. The molecule has 3 rings (SSSR count). The van der Waals surface area contributed by atoms with Gasteiger partial charge in [0.2, 0.25) is 10.0 Å². The molecule has 2 aliphatic carbocycles. The van der Waals surface area contributed by atoms with E-state index in [1.54, 1.807) is 6.07 Å². The zero-order valence-electron chi connectivity index (χ0n) is 13.7. The molecule has 0 radical (unpaired) electrons. The molecule has 3 N–H and O–H groups in total. The Balaban J connectivity index is 2.30. The Labute approximate surface area is 138 Å². The topological polar surface area (TPSA) is 84.0 Å². The Bertz CT molecular complexity index is 790. The summed E-state index contributed by atoms with van der Waals surface area (Å²) in [5.41, 5.74) is 4.70. The second-order valence-electron chi connectivity index (χ2n) is 6.92. The van der Waals surface area contributed by atoms with Gasteiger partial charge in [0.15, 0.2) is 0 Å². The predicted octanol–water partition coefficient (Wildman–Crippen LogP) is 3.58. The first-order chi connectivity index (χ1) is 10.8. The maximum atomic E-state index is 12.2. The highest BCUT2D eigenvalue weighted by atomic mass is 32.2. The highest BCUT2D eigenvalue weighted by molar-refractivity contribution is 7.89. The minimum absolute atomic E-state index is 0.170. The molecule has 0 saturated heterocycles. The molecule has 2 aliphatic rings. The number of allylic oxidation sites excluding steroid dienone is 1. The van der Waals surface area contributed by atoms with Crippen LogP contribution < -0.4 is 5.14 Å². The van der Waals surface area contributed by atoms with Gasteiger partial charge < -0.3 is 5.41 Å². The summed E-state index contributed by atoms with van der Waals surface area (Å²) in [5.74, 6) is 0.859. The van der Waals surface area contributed by atoms with E-state index < -0.39 is 10.0 Å². The summed E-state index contributed by atoms with van der Waals surface area (Å²) < 4.78 is 24.3. The van der Waals surface area contributed by atoms with E-state index in [1.165, 1.54) is 11.8 Å². The summed E-state index contributed by atoms with van der Waals surface area (Å²) in [6.07, 6.45) is 8.59. The quantitative estimate of drug-likeness (QED) is 0.826. The van der Waals surface area contributed by atoms with Crippen molar-refractivity contribution in [2.24, 2.45) is 11.1 Å². The van der Waals surface area contributed by atoms with Crippen LogP contribution in [0, 0.1) is 11.3 Å². The summed E-state index contributed by atoms with van der Waals surface area (Å²) in [7, 11) is -3.82. The number of nitrogens with one attached hydrogen (secondary N) is 1. The second kappa shape index (κ2) is 5.87. The van der Waals surface area contributed by atoms with Crippen LogP contribution in [-0.2, 0) is 16.4 Å². The molecule has 1 aromatic rings. The SMILES string of the molecule is C/C(=C\c1c(S(N)(=O)=O)cc2c(c1C=N)CCCC2C)C1CC1. The Morgan fingerprint density at radius 1 is 1.30 bits per heavy atom. The van der Waals surface area contributed by atoms with Gasteiger partial charge in [-0.25, -0.2) is 13.6 Å². The lowest BCUT2D eigenvalue weighted by molar-refractivity contribution is 0.583. The number of primary sulfonamides is 1.